The van der Waals surface area contributed by atoms with Gasteiger partial charge in [0.25, 0.3) is 5.91 Å². The van der Waals surface area contributed by atoms with E-state index in [1.54, 1.807) is 18.2 Å². The molecule has 0 aromatic heterocycles. The maximum atomic E-state index is 12.9. The van der Waals surface area contributed by atoms with Crippen LogP contribution in [0, 0.1) is 5.92 Å². The Kier molecular flexibility index (Phi) is 6.42. The molecule has 1 aromatic carbocycles. The van der Waals surface area contributed by atoms with Gasteiger partial charge in [0.15, 0.2) is 0 Å². The van der Waals surface area contributed by atoms with Crippen molar-refractivity contribution < 1.29 is 23.8 Å². The summed E-state index contributed by atoms with van der Waals surface area (Å²) in [5, 5.41) is 2.90. The number of nitrogens with one attached hydrogen (secondary N) is 1. The number of anilines is 1. The first-order valence-electron chi connectivity index (χ1n) is 8.67. The minimum atomic E-state index is -0.808. The van der Waals surface area contributed by atoms with Gasteiger partial charge in [-0.2, -0.15) is 0 Å². The molecule has 0 radical (unpaired) electrons. The summed E-state index contributed by atoms with van der Waals surface area (Å²) >= 11 is 0. The number of methoxy groups -OCH3 is 2. The molecule has 1 N–H and O–H groups in total. The van der Waals surface area contributed by atoms with E-state index in [0.29, 0.717) is 36.8 Å². The van der Waals surface area contributed by atoms with Gasteiger partial charge in [0.05, 0.1) is 14.2 Å². The zero-order valence-electron chi connectivity index (χ0n) is 15.4. The molecule has 1 saturated carbocycles. The van der Waals surface area contributed by atoms with E-state index in [1.807, 2.05) is 6.92 Å². The molecule has 0 saturated heterocycles. The fourth-order valence-electron chi connectivity index (χ4n) is 3.48. The second kappa shape index (κ2) is 8.34. The summed E-state index contributed by atoms with van der Waals surface area (Å²) in [6, 6.07) is 4.91. The lowest BCUT2D eigenvalue weighted by molar-refractivity contribution is -0.147. The van der Waals surface area contributed by atoms with Crippen LogP contribution in [0.3, 0.4) is 0 Å². The van der Waals surface area contributed by atoms with Crippen LogP contribution in [0.1, 0.15) is 49.9 Å². The van der Waals surface area contributed by atoms with Crippen LogP contribution in [-0.2, 0) is 14.3 Å². The predicted octanol–water partition coefficient (Wildman–Crippen LogP) is 3.41. The molecule has 138 valence electrons. The van der Waals surface area contributed by atoms with Crippen LogP contribution in [0.25, 0.3) is 0 Å². The molecule has 0 unspecified atom stereocenters. The Morgan fingerprint density at radius 1 is 1.32 bits per heavy atom. The molecular weight excluding hydrogens is 322 g/mol. The zero-order chi connectivity index (χ0) is 18.4. The van der Waals surface area contributed by atoms with Gasteiger partial charge in [-0.25, -0.2) is 4.79 Å². The fraction of sp³-hybridized carbons (Fsp3) is 0.579. The summed E-state index contributed by atoms with van der Waals surface area (Å²) < 4.78 is 15.8. The maximum Gasteiger partial charge on any atom is 0.341 e. The van der Waals surface area contributed by atoms with Crippen LogP contribution >= 0.6 is 0 Å². The Balaban J connectivity index is 2.25. The van der Waals surface area contributed by atoms with Gasteiger partial charge < -0.3 is 19.5 Å². The highest BCUT2D eigenvalue weighted by Gasteiger charge is 2.42. The molecule has 6 nitrogen and oxygen atoms in total. The Morgan fingerprint density at radius 3 is 2.68 bits per heavy atom. The minimum Gasteiger partial charge on any atom is -0.496 e. The van der Waals surface area contributed by atoms with Crippen molar-refractivity contribution in [3.05, 3.63) is 23.8 Å². The van der Waals surface area contributed by atoms with Crippen molar-refractivity contribution in [3.8, 4) is 5.75 Å². The van der Waals surface area contributed by atoms with Crippen molar-refractivity contribution in [2.24, 2.45) is 5.92 Å². The highest BCUT2D eigenvalue weighted by atomic mass is 16.5. The van der Waals surface area contributed by atoms with Crippen molar-refractivity contribution in [1.29, 1.82) is 0 Å². The Hall–Kier alpha value is -2.08. The molecule has 25 heavy (non-hydrogen) atoms. The summed E-state index contributed by atoms with van der Waals surface area (Å²) in [6.45, 7) is 4.52. The van der Waals surface area contributed by atoms with Gasteiger partial charge in [0.1, 0.15) is 16.9 Å². The number of hydrogen-bond donors (Lipinski definition) is 1. The third-order valence-electron chi connectivity index (χ3n) is 4.65. The number of carbonyl (C=O) groups excluding carboxylic acids is 2. The van der Waals surface area contributed by atoms with Crippen LogP contribution < -0.4 is 10.1 Å². The van der Waals surface area contributed by atoms with E-state index < -0.39 is 11.6 Å². The van der Waals surface area contributed by atoms with Crippen LogP contribution in [0.5, 0.6) is 5.75 Å². The number of carbonyl (C=O) groups is 2. The highest BCUT2D eigenvalue weighted by Crippen LogP contribution is 2.36. The van der Waals surface area contributed by atoms with E-state index in [0.717, 1.165) is 12.8 Å². The second-order valence-electron chi connectivity index (χ2n) is 6.49. The molecule has 0 bridgehead atoms. The summed E-state index contributed by atoms with van der Waals surface area (Å²) in [7, 11) is 2.79. The Bertz CT molecular complexity index is 626. The highest BCUT2D eigenvalue weighted by molar-refractivity contribution is 5.99. The normalized spacial score (nSPS) is 23.0. The number of hydrogen-bond acceptors (Lipinski definition) is 5. The van der Waals surface area contributed by atoms with E-state index in [-0.39, 0.29) is 11.5 Å². The van der Waals surface area contributed by atoms with Crippen molar-refractivity contribution in [2.75, 3.05) is 26.1 Å². The Morgan fingerprint density at radius 2 is 2.08 bits per heavy atom. The first-order valence-corrected chi connectivity index (χ1v) is 8.67. The van der Waals surface area contributed by atoms with Gasteiger partial charge in [0, 0.05) is 12.3 Å². The molecule has 1 aliphatic rings. The van der Waals surface area contributed by atoms with Crippen molar-refractivity contribution in [2.45, 2.75) is 45.1 Å². The molecule has 1 fully saturated rings. The molecule has 0 heterocycles. The number of amides is 1. The van der Waals surface area contributed by atoms with Gasteiger partial charge in [0.2, 0.25) is 0 Å². The van der Waals surface area contributed by atoms with E-state index >= 15 is 0 Å². The van der Waals surface area contributed by atoms with Crippen molar-refractivity contribution in [1.82, 2.24) is 0 Å². The lowest BCUT2D eigenvalue weighted by atomic mass is 9.78. The summed E-state index contributed by atoms with van der Waals surface area (Å²) in [5.41, 5.74) is -0.0219. The van der Waals surface area contributed by atoms with E-state index in [4.69, 9.17) is 14.2 Å². The van der Waals surface area contributed by atoms with Gasteiger partial charge >= 0.3 is 5.97 Å². The first-order chi connectivity index (χ1) is 12.0. The van der Waals surface area contributed by atoms with Crippen molar-refractivity contribution >= 4 is 17.6 Å². The zero-order valence-corrected chi connectivity index (χ0v) is 15.4. The van der Waals surface area contributed by atoms with Crippen LogP contribution in [0.15, 0.2) is 18.2 Å². The molecule has 1 aromatic rings. The standard InChI is InChI=1S/C19H27NO5/c1-5-25-19(10-6-7-13(2)12-19)18(22)20-14-8-9-16(23-3)15(11-14)17(21)24-4/h8-9,11,13H,5-7,10,12H2,1-4H3,(H,20,22)/t13-,19+/m1/s1. The van der Waals surface area contributed by atoms with Crippen molar-refractivity contribution in [3.63, 3.8) is 0 Å². The van der Waals surface area contributed by atoms with Crippen LogP contribution in [0.4, 0.5) is 5.69 Å². The number of benzene rings is 1. The van der Waals surface area contributed by atoms with E-state index in [2.05, 4.69) is 12.2 Å². The van der Waals surface area contributed by atoms with Crippen LogP contribution in [-0.4, -0.2) is 38.3 Å². The molecule has 2 atom stereocenters. The van der Waals surface area contributed by atoms with Gasteiger partial charge in [-0.3, -0.25) is 4.79 Å². The topological polar surface area (TPSA) is 73.9 Å². The average molecular weight is 349 g/mol. The molecule has 0 aliphatic heterocycles. The lowest BCUT2D eigenvalue weighted by Gasteiger charge is -2.38. The third-order valence-corrected chi connectivity index (χ3v) is 4.65. The molecule has 1 amide bonds. The minimum absolute atomic E-state index is 0.165. The number of rotatable bonds is 6. The molecular formula is C19H27NO5. The average Bonchev–Trinajstić information content (AvgIpc) is 2.61. The molecule has 6 heteroatoms. The van der Waals surface area contributed by atoms with E-state index in [9.17, 15) is 9.59 Å². The third kappa shape index (κ3) is 4.31. The van der Waals surface area contributed by atoms with E-state index in [1.165, 1.54) is 14.2 Å². The molecule has 0 spiro atoms. The summed E-state index contributed by atoms with van der Waals surface area (Å²) in [5.74, 6) is 0.156. The monoisotopic (exact) mass is 349 g/mol. The summed E-state index contributed by atoms with van der Waals surface area (Å²) in [4.78, 5) is 24.8. The second-order valence-corrected chi connectivity index (χ2v) is 6.49. The lowest BCUT2D eigenvalue weighted by Crippen LogP contribution is -2.48. The Labute approximate surface area is 148 Å². The summed E-state index contributed by atoms with van der Waals surface area (Å²) in [6.07, 6.45) is 3.48. The SMILES string of the molecule is CCO[C@@]1(C(=O)Nc2ccc(OC)c(C(=O)OC)c2)CCC[C@@H](C)C1. The quantitative estimate of drug-likeness (QED) is 0.797. The predicted molar refractivity (Wildman–Crippen MR) is 95.0 cm³/mol. The molecule has 2 rings (SSSR count). The largest absolute Gasteiger partial charge is 0.496 e. The maximum absolute atomic E-state index is 12.9. The smallest absolute Gasteiger partial charge is 0.341 e. The first kappa shape index (κ1) is 19.2. The fourth-order valence-corrected chi connectivity index (χ4v) is 3.48. The number of esters is 1. The van der Waals surface area contributed by atoms with Gasteiger partial charge in [-0.1, -0.05) is 13.3 Å². The van der Waals surface area contributed by atoms with Gasteiger partial charge in [-0.15, -0.1) is 0 Å². The van der Waals surface area contributed by atoms with Gasteiger partial charge in [-0.05, 0) is 50.3 Å². The van der Waals surface area contributed by atoms with Crippen LogP contribution in [0.2, 0.25) is 0 Å². The molecule has 1 aliphatic carbocycles. The number of ether oxygens (including phenoxy) is 3.